The summed E-state index contributed by atoms with van der Waals surface area (Å²) in [5, 5.41) is 0. The van der Waals surface area contributed by atoms with Crippen LogP contribution in [0.1, 0.15) is 38.2 Å². The van der Waals surface area contributed by atoms with Gasteiger partial charge in [-0.05, 0) is 56.2 Å². The van der Waals surface area contributed by atoms with Gasteiger partial charge in [-0.3, -0.25) is 0 Å². The smallest absolute Gasteiger partial charge is 0.0729 e. The number of hydrogen-bond acceptors (Lipinski definition) is 3. The Balaban J connectivity index is 1.81. The van der Waals surface area contributed by atoms with Gasteiger partial charge in [0.25, 0.3) is 0 Å². The van der Waals surface area contributed by atoms with Crippen LogP contribution in [0.15, 0.2) is 28.7 Å². The molecule has 2 aliphatic heterocycles. The molecule has 3 rings (SSSR count). The first-order valence-corrected chi connectivity index (χ1v) is 8.58. The molecule has 0 saturated carbocycles. The molecule has 1 spiro atoms. The fraction of sp³-hybridized carbons (Fsp3) is 0.647. The van der Waals surface area contributed by atoms with E-state index in [1.807, 2.05) is 6.07 Å². The van der Waals surface area contributed by atoms with Gasteiger partial charge in [-0.15, -0.1) is 0 Å². The minimum atomic E-state index is -0.321. The molecule has 0 radical (unpaired) electrons. The Labute approximate surface area is 135 Å². The van der Waals surface area contributed by atoms with E-state index >= 15 is 0 Å². The number of rotatable bonds is 2. The molecule has 2 aliphatic rings. The summed E-state index contributed by atoms with van der Waals surface area (Å²) in [6.07, 6.45) is 4.06. The van der Waals surface area contributed by atoms with E-state index in [0.29, 0.717) is 5.92 Å². The molecular formula is C17H24BrNO2. The van der Waals surface area contributed by atoms with Crippen molar-refractivity contribution in [2.75, 3.05) is 19.8 Å². The second-order valence-electron chi connectivity index (χ2n) is 6.63. The Hall–Kier alpha value is -0.420. The molecule has 2 saturated heterocycles. The van der Waals surface area contributed by atoms with E-state index in [1.165, 1.54) is 5.56 Å². The summed E-state index contributed by atoms with van der Waals surface area (Å²) in [5.74, 6) is 0.443. The maximum atomic E-state index is 6.76. The standard InChI is InChI=1S/C17H24BrNO2/c1-16(19,13-3-2-4-15(18)11-13)14-5-8-21-17(12-14)6-9-20-10-7-17/h2-4,11,14H,5-10,12,19H2,1H3. The van der Waals surface area contributed by atoms with Crippen LogP contribution in [0.2, 0.25) is 0 Å². The summed E-state index contributed by atoms with van der Waals surface area (Å²) in [7, 11) is 0. The van der Waals surface area contributed by atoms with Gasteiger partial charge in [0.05, 0.1) is 5.60 Å². The summed E-state index contributed by atoms with van der Waals surface area (Å²) < 4.78 is 12.7. The zero-order valence-electron chi connectivity index (χ0n) is 12.6. The molecule has 21 heavy (non-hydrogen) atoms. The van der Waals surface area contributed by atoms with Crippen LogP contribution in [0.4, 0.5) is 0 Å². The summed E-state index contributed by atoms with van der Waals surface area (Å²) in [4.78, 5) is 0. The molecule has 1 aromatic rings. The van der Waals surface area contributed by atoms with Crippen molar-refractivity contribution in [3.63, 3.8) is 0 Å². The first kappa shape index (κ1) is 15.5. The van der Waals surface area contributed by atoms with Gasteiger partial charge in [-0.2, -0.15) is 0 Å². The molecule has 1 aromatic carbocycles. The lowest BCUT2D eigenvalue weighted by molar-refractivity contribution is -0.154. The van der Waals surface area contributed by atoms with Crippen LogP contribution in [0.3, 0.4) is 0 Å². The lowest BCUT2D eigenvalue weighted by Crippen LogP contribution is -2.51. The van der Waals surface area contributed by atoms with E-state index in [4.69, 9.17) is 15.2 Å². The highest BCUT2D eigenvalue weighted by molar-refractivity contribution is 9.10. The highest BCUT2D eigenvalue weighted by atomic mass is 79.9. The minimum Gasteiger partial charge on any atom is -0.381 e. The van der Waals surface area contributed by atoms with Crippen LogP contribution in [-0.2, 0) is 15.0 Å². The molecule has 2 fully saturated rings. The molecule has 0 aliphatic carbocycles. The van der Waals surface area contributed by atoms with Crippen LogP contribution in [0, 0.1) is 5.92 Å². The van der Waals surface area contributed by atoms with Gasteiger partial charge in [0.15, 0.2) is 0 Å². The summed E-state index contributed by atoms with van der Waals surface area (Å²) >= 11 is 3.55. The van der Waals surface area contributed by atoms with Crippen molar-refractivity contribution in [2.45, 2.75) is 43.7 Å². The third-order valence-electron chi connectivity index (χ3n) is 5.19. The van der Waals surface area contributed by atoms with Gasteiger partial charge >= 0.3 is 0 Å². The van der Waals surface area contributed by atoms with Crippen molar-refractivity contribution >= 4 is 15.9 Å². The second kappa shape index (κ2) is 5.99. The Morgan fingerprint density at radius 1 is 1.29 bits per heavy atom. The topological polar surface area (TPSA) is 44.5 Å². The second-order valence-corrected chi connectivity index (χ2v) is 7.54. The van der Waals surface area contributed by atoms with Crippen molar-refractivity contribution in [2.24, 2.45) is 11.7 Å². The van der Waals surface area contributed by atoms with E-state index in [1.54, 1.807) is 0 Å². The molecule has 2 heterocycles. The van der Waals surface area contributed by atoms with Crippen molar-refractivity contribution in [1.29, 1.82) is 0 Å². The minimum absolute atomic E-state index is 0.00614. The number of nitrogens with two attached hydrogens (primary N) is 1. The third kappa shape index (κ3) is 3.19. The average Bonchev–Trinajstić information content (AvgIpc) is 2.48. The van der Waals surface area contributed by atoms with Gasteiger partial charge in [-0.25, -0.2) is 0 Å². The molecule has 116 valence electrons. The Kier molecular flexibility index (Phi) is 4.42. The van der Waals surface area contributed by atoms with Gasteiger partial charge < -0.3 is 15.2 Å². The van der Waals surface area contributed by atoms with Crippen LogP contribution in [-0.4, -0.2) is 25.4 Å². The molecule has 0 bridgehead atoms. The monoisotopic (exact) mass is 353 g/mol. The lowest BCUT2D eigenvalue weighted by Gasteiger charge is -2.48. The first-order valence-electron chi connectivity index (χ1n) is 7.79. The van der Waals surface area contributed by atoms with Crippen LogP contribution < -0.4 is 5.73 Å². The largest absolute Gasteiger partial charge is 0.381 e. The summed E-state index contributed by atoms with van der Waals surface area (Å²) in [6.45, 7) is 4.60. The zero-order chi connectivity index (χ0) is 14.9. The van der Waals surface area contributed by atoms with Gasteiger partial charge in [-0.1, -0.05) is 28.1 Å². The molecule has 2 unspecified atom stereocenters. The van der Waals surface area contributed by atoms with Crippen LogP contribution >= 0.6 is 15.9 Å². The Bertz CT molecular complexity index is 492. The number of ether oxygens (including phenoxy) is 2. The number of benzene rings is 1. The van der Waals surface area contributed by atoms with Crippen molar-refractivity contribution in [3.05, 3.63) is 34.3 Å². The molecule has 0 aromatic heterocycles. The van der Waals surface area contributed by atoms with Gasteiger partial charge in [0, 0.05) is 29.8 Å². The maximum absolute atomic E-state index is 6.76. The van der Waals surface area contributed by atoms with E-state index < -0.39 is 0 Å². The molecular weight excluding hydrogens is 330 g/mol. The van der Waals surface area contributed by atoms with E-state index in [9.17, 15) is 0 Å². The van der Waals surface area contributed by atoms with Crippen LogP contribution in [0.5, 0.6) is 0 Å². The SMILES string of the molecule is CC(N)(c1cccc(Br)c1)C1CCOC2(CCOCC2)C1. The van der Waals surface area contributed by atoms with Gasteiger partial charge in [0.1, 0.15) is 0 Å². The Morgan fingerprint density at radius 2 is 2.05 bits per heavy atom. The fourth-order valence-corrected chi connectivity index (χ4v) is 4.09. The van der Waals surface area contributed by atoms with Crippen molar-refractivity contribution < 1.29 is 9.47 Å². The predicted octanol–water partition coefficient (Wildman–Crippen LogP) is 3.60. The van der Waals surface area contributed by atoms with Crippen LogP contribution in [0.25, 0.3) is 0 Å². The quantitative estimate of drug-likeness (QED) is 0.883. The van der Waals surface area contributed by atoms with E-state index in [0.717, 1.165) is 50.0 Å². The maximum Gasteiger partial charge on any atom is 0.0729 e. The van der Waals surface area contributed by atoms with Crippen molar-refractivity contribution in [1.82, 2.24) is 0 Å². The molecule has 2 atom stereocenters. The highest BCUT2D eigenvalue weighted by Crippen LogP contribution is 2.43. The van der Waals surface area contributed by atoms with E-state index in [-0.39, 0.29) is 11.1 Å². The number of hydrogen-bond donors (Lipinski definition) is 1. The average molecular weight is 354 g/mol. The first-order chi connectivity index (χ1) is 10.0. The van der Waals surface area contributed by atoms with E-state index in [2.05, 4.69) is 41.1 Å². The summed E-state index contributed by atoms with van der Waals surface area (Å²) in [6, 6.07) is 8.39. The molecule has 0 amide bonds. The number of halogens is 1. The van der Waals surface area contributed by atoms with Crippen molar-refractivity contribution in [3.8, 4) is 0 Å². The third-order valence-corrected chi connectivity index (χ3v) is 5.68. The summed E-state index contributed by atoms with van der Waals surface area (Å²) in [5.41, 5.74) is 7.64. The van der Waals surface area contributed by atoms with Gasteiger partial charge in [0.2, 0.25) is 0 Å². The lowest BCUT2D eigenvalue weighted by atomic mass is 9.70. The molecule has 4 heteroatoms. The predicted molar refractivity (Wildman–Crippen MR) is 87.1 cm³/mol. The fourth-order valence-electron chi connectivity index (χ4n) is 3.69. The normalized spacial score (nSPS) is 28.2. The zero-order valence-corrected chi connectivity index (χ0v) is 14.2. The molecule has 2 N–H and O–H groups in total. The molecule has 3 nitrogen and oxygen atoms in total. The highest BCUT2D eigenvalue weighted by Gasteiger charge is 2.44. The Morgan fingerprint density at radius 3 is 2.76 bits per heavy atom.